The van der Waals surface area contributed by atoms with Crippen molar-refractivity contribution in [3.63, 3.8) is 0 Å². The maximum absolute atomic E-state index is 3.82. The van der Waals surface area contributed by atoms with Crippen LogP contribution in [0.2, 0.25) is 0 Å². The Morgan fingerprint density at radius 2 is 1.93 bits per heavy atom. The van der Waals surface area contributed by atoms with E-state index in [0.29, 0.717) is 5.54 Å². The fraction of sp³-hybridized carbons (Fsp3) is 1.00. The van der Waals surface area contributed by atoms with Gasteiger partial charge in [0.15, 0.2) is 0 Å². The fourth-order valence-corrected chi connectivity index (χ4v) is 3.34. The molecule has 1 nitrogen and oxygen atoms in total. The largest absolute Gasteiger partial charge is 0.311 e. The van der Waals surface area contributed by atoms with Gasteiger partial charge in [0.25, 0.3) is 0 Å². The Hall–Kier alpha value is -0.0400. The molecule has 1 heterocycles. The maximum atomic E-state index is 3.82. The highest BCUT2D eigenvalue weighted by Crippen LogP contribution is 2.36. The molecule has 0 amide bonds. The molecule has 1 N–H and O–H groups in total. The van der Waals surface area contributed by atoms with Gasteiger partial charge >= 0.3 is 0 Å². The van der Waals surface area contributed by atoms with Crippen LogP contribution in [0.15, 0.2) is 0 Å². The molecular weight excluding hydrogens is 170 g/mol. The SMILES string of the molecule is CCC1CCCC2(CCCCN2)CC1. The Balaban J connectivity index is 1.92. The highest BCUT2D eigenvalue weighted by atomic mass is 15.0. The van der Waals surface area contributed by atoms with E-state index in [2.05, 4.69) is 12.2 Å². The van der Waals surface area contributed by atoms with Gasteiger partial charge in [0, 0.05) is 5.54 Å². The van der Waals surface area contributed by atoms with Crippen LogP contribution in [0, 0.1) is 5.92 Å². The summed E-state index contributed by atoms with van der Waals surface area (Å²) in [6.07, 6.45) is 13.0. The normalized spacial score (nSPS) is 39.6. The van der Waals surface area contributed by atoms with E-state index in [1.165, 1.54) is 64.3 Å². The highest BCUT2D eigenvalue weighted by molar-refractivity contribution is 4.93. The lowest BCUT2D eigenvalue weighted by Gasteiger charge is -2.38. The lowest BCUT2D eigenvalue weighted by molar-refractivity contribution is 0.221. The topological polar surface area (TPSA) is 12.0 Å². The summed E-state index contributed by atoms with van der Waals surface area (Å²) in [6.45, 7) is 3.63. The number of nitrogens with one attached hydrogen (secondary N) is 1. The van der Waals surface area contributed by atoms with Crippen molar-refractivity contribution in [2.24, 2.45) is 5.92 Å². The second kappa shape index (κ2) is 4.65. The molecule has 0 aromatic rings. The third kappa shape index (κ3) is 2.31. The van der Waals surface area contributed by atoms with Crippen molar-refractivity contribution in [2.45, 2.75) is 70.3 Å². The van der Waals surface area contributed by atoms with E-state index in [1.807, 2.05) is 0 Å². The first-order valence-corrected chi connectivity index (χ1v) is 6.60. The van der Waals surface area contributed by atoms with Crippen LogP contribution in [0.3, 0.4) is 0 Å². The average molecular weight is 195 g/mol. The van der Waals surface area contributed by atoms with Crippen LogP contribution in [0.25, 0.3) is 0 Å². The molecule has 1 saturated carbocycles. The summed E-state index contributed by atoms with van der Waals surface area (Å²) in [6, 6.07) is 0. The van der Waals surface area contributed by atoms with Crippen molar-refractivity contribution < 1.29 is 0 Å². The highest BCUT2D eigenvalue weighted by Gasteiger charge is 2.33. The van der Waals surface area contributed by atoms with Crippen LogP contribution in [0.4, 0.5) is 0 Å². The summed E-state index contributed by atoms with van der Waals surface area (Å²) in [7, 11) is 0. The molecule has 2 aliphatic rings. The number of piperidine rings is 1. The van der Waals surface area contributed by atoms with Crippen molar-refractivity contribution in [3.05, 3.63) is 0 Å². The third-order valence-corrected chi connectivity index (χ3v) is 4.46. The van der Waals surface area contributed by atoms with E-state index < -0.39 is 0 Å². The van der Waals surface area contributed by atoms with Gasteiger partial charge in [0.1, 0.15) is 0 Å². The van der Waals surface area contributed by atoms with Crippen LogP contribution in [0.1, 0.15) is 64.7 Å². The summed E-state index contributed by atoms with van der Waals surface area (Å²) in [5.74, 6) is 1.03. The summed E-state index contributed by atoms with van der Waals surface area (Å²) in [5, 5.41) is 3.82. The molecule has 14 heavy (non-hydrogen) atoms. The van der Waals surface area contributed by atoms with Crippen LogP contribution in [-0.4, -0.2) is 12.1 Å². The average Bonchev–Trinajstić information content (AvgIpc) is 2.42. The Kier molecular flexibility index (Phi) is 3.48. The van der Waals surface area contributed by atoms with E-state index in [4.69, 9.17) is 0 Å². The van der Waals surface area contributed by atoms with Gasteiger partial charge in [-0.25, -0.2) is 0 Å². The molecule has 2 unspecified atom stereocenters. The van der Waals surface area contributed by atoms with E-state index in [-0.39, 0.29) is 0 Å². The van der Waals surface area contributed by atoms with E-state index in [1.54, 1.807) is 0 Å². The van der Waals surface area contributed by atoms with Crippen LogP contribution in [-0.2, 0) is 0 Å². The van der Waals surface area contributed by atoms with E-state index >= 15 is 0 Å². The zero-order valence-electron chi connectivity index (χ0n) is 9.65. The van der Waals surface area contributed by atoms with Gasteiger partial charge in [0.2, 0.25) is 0 Å². The first-order chi connectivity index (χ1) is 6.85. The zero-order valence-corrected chi connectivity index (χ0v) is 9.65. The molecule has 1 heteroatoms. The summed E-state index contributed by atoms with van der Waals surface area (Å²) in [4.78, 5) is 0. The molecule has 1 saturated heterocycles. The van der Waals surface area contributed by atoms with E-state index in [0.717, 1.165) is 5.92 Å². The van der Waals surface area contributed by atoms with Gasteiger partial charge in [-0.3, -0.25) is 0 Å². The van der Waals surface area contributed by atoms with Gasteiger partial charge in [-0.2, -0.15) is 0 Å². The van der Waals surface area contributed by atoms with Crippen molar-refractivity contribution in [2.75, 3.05) is 6.54 Å². The first kappa shape index (κ1) is 10.5. The van der Waals surface area contributed by atoms with Gasteiger partial charge < -0.3 is 5.32 Å². The Morgan fingerprint density at radius 1 is 1.07 bits per heavy atom. The van der Waals surface area contributed by atoms with Gasteiger partial charge in [-0.1, -0.05) is 32.6 Å². The Bertz CT molecular complexity index is 170. The zero-order chi connectivity index (χ0) is 9.86. The molecule has 0 aromatic heterocycles. The molecule has 1 aliphatic carbocycles. The predicted molar refractivity (Wildman–Crippen MR) is 61.5 cm³/mol. The third-order valence-electron chi connectivity index (χ3n) is 4.46. The molecule has 0 radical (unpaired) electrons. The predicted octanol–water partition coefficient (Wildman–Crippen LogP) is 3.49. The quantitative estimate of drug-likeness (QED) is 0.675. The summed E-state index contributed by atoms with van der Waals surface area (Å²) < 4.78 is 0. The molecule has 2 atom stereocenters. The van der Waals surface area contributed by atoms with Gasteiger partial charge in [-0.15, -0.1) is 0 Å². The molecule has 1 spiro atoms. The Morgan fingerprint density at radius 3 is 2.64 bits per heavy atom. The molecular formula is C13H25N. The number of rotatable bonds is 1. The van der Waals surface area contributed by atoms with Crippen molar-refractivity contribution in [1.29, 1.82) is 0 Å². The standard InChI is InChI=1S/C13H25N/c1-2-12-6-5-9-13(10-7-12)8-3-4-11-14-13/h12,14H,2-11H2,1H3. The minimum atomic E-state index is 0.572. The van der Waals surface area contributed by atoms with Crippen LogP contribution in [0.5, 0.6) is 0 Å². The van der Waals surface area contributed by atoms with Crippen LogP contribution < -0.4 is 5.32 Å². The first-order valence-electron chi connectivity index (χ1n) is 6.60. The summed E-state index contributed by atoms with van der Waals surface area (Å²) in [5.41, 5.74) is 0.572. The van der Waals surface area contributed by atoms with Crippen molar-refractivity contribution >= 4 is 0 Å². The summed E-state index contributed by atoms with van der Waals surface area (Å²) >= 11 is 0. The second-order valence-corrected chi connectivity index (χ2v) is 5.37. The van der Waals surface area contributed by atoms with Gasteiger partial charge in [0.05, 0.1) is 0 Å². The molecule has 2 fully saturated rings. The smallest absolute Gasteiger partial charge is 0.0181 e. The second-order valence-electron chi connectivity index (χ2n) is 5.37. The maximum Gasteiger partial charge on any atom is 0.0181 e. The van der Waals surface area contributed by atoms with Crippen molar-refractivity contribution in [1.82, 2.24) is 5.32 Å². The molecule has 0 aromatic carbocycles. The lowest BCUT2D eigenvalue weighted by Crippen LogP contribution is -2.48. The minimum absolute atomic E-state index is 0.572. The number of hydrogen-bond acceptors (Lipinski definition) is 1. The number of hydrogen-bond donors (Lipinski definition) is 1. The molecule has 82 valence electrons. The monoisotopic (exact) mass is 195 g/mol. The van der Waals surface area contributed by atoms with Crippen LogP contribution >= 0.6 is 0 Å². The molecule has 2 rings (SSSR count). The fourth-order valence-electron chi connectivity index (χ4n) is 3.34. The van der Waals surface area contributed by atoms with Gasteiger partial charge in [-0.05, 0) is 44.6 Å². The lowest BCUT2D eigenvalue weighted by atomic mass is 9.82. The van der Waals surface area contributed by atoms with Crippen molar-refractivity contribution in [3.8, 4) is 0 Å². The van der Waals surface area contributed by atoms with E-state index in [9.17, 15) is 0 Å². The molecule has 0 bridgehead atoms. The molecule has 1 aliphatic heterocycles. The minimum Gasteiger partial charge on any atom is -0.311 e. The Labute approximate surface area is 88.7 Å².